The highest BCUT2D eigenvalue weighted by Gasteiger charge is 2.28. The van der Waals surface area contributed by atoms with Crippen molar-refractivity contribution in [1.29, 1.82) is 0 Å². The summed E-state index contributed by atoms with van der Waals surface area (Å²) in [6, 6.07) is 8.51. The van der Waals surface area contributed by atoms with Gasteiger partial charge in [-0.1, -0.05) is 18.2 Å². The van der Waals surface area contributed by atoms with Crippen LogP contribution in [0.4, 0.5) is 0 Å². The Hall–Kier alpha value is -2.07. The summed E-state index contributed by atoms with van der Waals surface area (Å²) in [5.41, 5.74) is 0.882. The summed E-state index contributed by atoms with van der Waals surface area (Å²) in [6.07, 6.45) is 0. The number of H-pyrrole nitrogens is 1. The Morgan fingerprint density at radius 3 is 2.46 bits per heavy atom. The summed E-state index contributed by atoms with van der Waals surface area (Å²) >= 11 is 1.53. The van der Waals surface area contributed by atoms with E-state index in [0.29, 0.717) is 48.8 Å². The lowest BCUT2D eigenvalue weighted by molar-refractivity contribution is 0.178. The highest BCUT2D eigenvalue weighted by atomic mass is 32.2. The number of nitrogens with zero attached hydrogens (tertiary/aromatic N) is 3. The maximum Gasteiger partial charge on any atom is 0.259 e. The van der Waals surface area contributed by atoms with E-state index in [1.54, 1.807) is 30.3 Å². The molecule has 7 nitrogen and oxygen atoms in total. The third-order valence-electron chi connectivity index (χ3n) is 5.17. The normalized spacial score (nSPS) is 16.6. The second-order valence-corrected chi connectivity index (χ2v) is 10.1. The second-order valence-electron chi connectivity index (χ2n) is 6.97. The minimum Gasteiger partial charge on any atom is -0.309 e. The van der Waals surface area contributed by atoms with E-state index in [9.17, 15) is 13.2 Å². The molecule has 1 N–H and O–H groups in total. The fourth-order valence-electron chi connectivity index (χ4n) is 3.46. The zero-order valence-corrected chi connectivity index (χ0v) is 17.4. The molecule has 148 valence electrons. The first-order valence-corrected chi connectivity index (χ1v) is 11.4. The first-order chi connectivity index (χ1) is 13.4. The molecule has 0 saturated carbocycles. The second kappa shape index (κ2) is 7.40. The molecule has 0 spiro atoms. The molecule has 1 aromatic carbocycles. The predicted octanol–water partition coefficient (Wildman–Crippen LogP) is 2.11. The van der Waals surface area contributed by atoms with Crippen LogP contribution in [0.25, 0.3) is 10.2 Å². The van der Waals surface area contributed by atoms with Gasteiger partial charge < -0.3 is 4.98 Å². The molecule has 1 fully saturated rings. The van der Waals surface area contributed by atoms with E-state index >= 15 is 0 Å². The molecule has 0 bridgehead atoms. The molecule has 3 heterocycles. The largest absolute Gasteiger partial charge is 0.309 e. The first kappa shape index (κ1) is 19.3. The van der Waals surface area contributed by atoms with Crippen molar-refractivity contribution in [3.8, 4) is 0 Å². The molecule has 2 aromatic heterocycles. The Labute approximate surface area is 167 Å². The Bertz CT molecular complexity index is 1160. The van der Waals surface area contributed by atoms with Gasteiger partial charge in [0.05, 0.1) is 16.8 Å². The highest BCUT2D eigenvalue weighted by molar-refractivity contribution is 7.89. The van der Waals surface area contributed by atoms with Crippen LogP contribution in [0, 0.1) is 13.8 Å². The van der Waals surface area contributed by atoms with E-state index < -0.39 is 10.0 Å². The fraction of sp³-hybridized carbons (Fsp3) is 0.368. The monoisotopic (exact) mass is 418 g/mol. The number of benzene rings is 1. The van der Waals surface area contributed by atoms with Crippen LogP contribution in [0.15, 0.2) is 40.0 Å². The molecule has 3 aromatic rings. The molecule has 1 aliphatic rings. The number of rotatable bonds is 4. The molecule has 0 amide bonds. The highest BCUT2D eigenvalue weighted by Crippen LogP contribution is 2.26. The standard InChI is InChI=1S/C19H22N4O3S2/c1-13-14(2)27-19-17(13)18(24)20-16(21-19)12-22-8-10-23(11-9-22)28(25,26)15-6-4-3-5-7-15/h3-7H,8-12H2,1-2H3,(H,20,21,24). The Kier molecular flexibility index (Phi) is 5.09. The van der Waals surface area contributed by atoms with Crippen LogP contribution in [0.2, 0.25) is 0 Å². The molecular weight excluding hydrogens is 396 g/mol. The third-order valence-corrected chi connectivity index (χ3v) is 8.19. The van der Waals surface area contributed by atoms with E-state index in [1.807, 2.05) is 13.8 Å². The first-order valence-electron chi connectivity index (χ1n) is 9.12. The third kappa shape index (κ3) is 3.50. The molecular formula is C19H22N4O3S2. The maximum atomic E-state index is 12.7. The molecule has 0 unspecified atom stereocenters. The van der Waals surface area contributed by atoms with Gasteiger partial charge in [-0.05, 0) is 31.5 Å². The van der Waals surface area contributed by atoms with Gasteiger partial charge in [-0.3, -0.25) is 9.69 Å². The fourth-order valence-corrected chi connectivity index (χ4v) is 5.95. The van der Waals surface area contributed by atoms with Crippen molar-refractivity contribution >= 4 is 31.6 Å². The lowest BCUT2D eigenvalue weighted by Crippen LogP contribution is -2.48. The van der Waals surface area contributed by atoms with Gasteiger partial charge in [0.25, 0.3) is 5.56 Å². The molecule has 0 aliphatic carbocycles. The van der Waals surface area contributed by atoms with Crippen molar-refractivity contribution in [3.63, 3.8) is 0 Å². The zero-order valence-electron chi connectivity index (χ0n) is 15.8. The average molecular weight is 419 g/mol. The molecule has 1 saturated heterocycles. The van der Waals surface area contributed by atoms with Gasteiger partial charge in [0.15, 0.2) is 0 Å². The van der Waals surface area contributed by atoms with E-state index in [1.165, 1.54) is 15.6 Å². The van der Waals surface area contributed by atoms with Crippen LogP contribution in [0.3, 0.4) is 0 Å². The van der Waals surface area contributed by atoms with E-state index in [4.69, 9.17) is 0 Å². The smallest absolute Gasteiger partial charge is 0.259 e. The minimum atomic E-state index is -3.46. The Morgan fingerprint density at radius 2 is 1.79 bits per heavy atom. The van der Waals surface area contributed by atoms with Gasteiger partial charge in [0.1, 0.15) is 10.7 Å². The Balaban J connectivity index is 1.46. The van der Waals surface area contributed by atoms with Crippen LogP contribution in [-0.2, 0) is 16.6 Å². The SMILES string of the molecule is Cc1sc2nc(CN3CCN(S(=O)(=O)c4ccccc4)CC3)[nH]c(=O)c2c1C. The van der Waals surface area contributed by atoms with E-state index in [2.05, 4.69) is 14.9 Å². The number of sulfonamides is 1. The molecule has 1 aliphatic heterocycles. The van der Waals surface area contributed by atoms with Gasteiger partial charge in [-0.15, -0.1) is 11.3 Å². The summed E-state index contributed by atoms with van der Waals surface area (Å²) in [5.74, 6) is 0.623. The summed E-state index contributed by atoms with van der Waals surface area (Å²) in [4.78, 5) is 24.2. The molecule has 0 atom stereocenters. The number of aryl methyl sites for hydroxylation is 2. The number of nitrogens with one attached hydrogen (secondary N) is 1. The summed E-state index contributed by atoms with van der Waals surface area (Å²) in [5, 5.41) is 0.671. The van der Waals surface area contributed by atoms with Crippen LogP contribution in [0.5, 0.6) is 0 Å². The van der Waals surface area contributed by atoms with Crippen molar-refractivity contribution in [2.45, 2.75) is 25.3 Å². The topological polar surface area (TPSA) is 86.4 Å². The zero-order chi connectivity index (χ0) is 19.9. The van der Waals surface area contributed by atoms with Crippen LogP contribution in [0.1, 0.15) is 16.3 Å². The van der Waals surface area contributed by atoms with Gasteiger partial charge >= 0.3 is 0 Å². The van der Waals surface area contributed by atoms with Crippen molar-refractivity contribution in [3.05, 3.63) is 57.0 Å². The van der Waals surface area contributed by atoms with Crippen LogP contribution in [-0.4, -0.2) is 53.8 Å². The van der Waals surface area contributed by atoms with E-state index in [0.717, 1.165) is 15.3 Å². The van der Waals surface area contributed by atoms with Crippen molar-refractivity contribution < 1.29 is 8.42 Å². The molecule has 9 heteroatoms. The van der Waals surface area contributed by atoms with Crippen molar-refractivity contribution in [1.82, 2.24) is 19.2 Å². The Morgan fingerprint density at radius 1 is 1.11 bits per heavy atom. The number of hydrogen-bond donors (Lipinski definition) is 1. The van der Waals surface area contributed by atoms with Gasteiger partial charge in [0.2, 0.25) is 10.0 Å². The number of thiophene rings is 1. The molecule has 28 heavy (non-hydrogen) atoms. The van der Waals surface area contributed by atoms with Crippen molar-refractivity contribution in [2.75, 3.05) is 26.2 Å². The molecule has 0 radical (unpaired) electrons. The van der Waals surface area contributed by atoms with Crippen LogP contribution >= 0.6 is 11.3 Å². The van der Waals surface area contributed by atoms with E-state index in [-0.39, 0.29) is 5.56 Å². The number of aromatic nitrogens is 2. The summed E-state index contributed by atoms with van der Waals surface area (Å²) in [6.45, 7) is 6.46. The minimum absolute atomic E-state index is 0.104. The lowest BCUT2D eigenvalue weighted by atomic mass is 10.2. The van der Waals surface area contributed by atoms with Crippen LogP contribution < -0.4 is 5.56 Å². The summed E-state index contributed by atoms with van der Waals surface area (Å²) < 4.78 is 27.0. The number of hydrogen-bond acceptors (Lipinski definition) is 6. The average Bonchev–Trinajstić information content (AvgIpc) is 2.97. The number of aromatic amines is 1. The maximum absolute atomic E-state index is 12.7. The van der Waals surface area contributed by atoms with Gasteiger partial charge in [0, 0.05) is 31.1 Å². The lowest BCUT2D eigenvalue weighted by Gasteiger charge is -2.33. The number of fused-ring (bicyclic) bond motifs is 1. The quantitative estimate of drug-likeness (QED) is 0.701. The number of piperazine rings is 1. The molecule has 4 rings (SSSR count). The summed E-state index contributed by atoms with van der Waals surface area (Å²) in [7, 11) is -3.46. The van der Waals surface area contributed by atoms with Gasteiger partial charge in [-0.2, -0.15) is 4.31 Å². The van der Waals surface area contributed by atoms with Gasteiger partial charge in [-0.25, -0.2) is 13.4 Å². The predicted molar refractivity (Wildman–Crippen MR) is 110 cm³/mol. The van der Waals surface area contributed by atoms with Crippen molar-refractivity contribution in [2.24, 2.45) is 0 Å².